The highest BCUT2D eigenvalue weighted by Gasteiger charge is 2.18. The van der Waals surface area contributed by atoms with Gasteiger partial charge in [0.15, 0.2) is 0 Å². The van der Waals surface area contributed by atoms with Gasteiger partial charge >= 0.3 is 6.61 Å². The highest BCUT2D eigenvalue weighted by Crippen LogP contribution is 2.28. The summed E-state index contributed by atoms with van der Waals surface area (Å²) >= 11 is 0. The molecular weight excluding hydrogens is 466 g/mol. The maximum absolute atomic E-state index is 12.7. The van der Waals surface area contributed by atoms with E-state index in [4.69, 9.17) is 4.42 Å². The van der Waals surface area contributed by atoms with Crippen LogP contribution in [0.3, 0.4) is 0 Å². The van der Waals surface area contributed by atoms with Crippen LogP contribution in [0.15, 0.2) is 82.3 Å². The maximum atomic E-state index is 12.7. The number of amides is 1. The molecule has 0 aliphatic carbocycles. The first-order valence-electron chi connectivity index (χ1n) is 10.4. The maximum Gasteiger partial charge on any atom is 0.387 e. The molecule has 0 aliphatic heterocycles. The molecule has 2 aromatic carbocycles. The van der Waals surface area contributed by atoms with Crippen molar-refractivity contribution in [3.8, 4) is 5.75 Å². The third-order valence-electron chi connectivity index (χ3n) is 4.87. The Morgan fingerprint density at radius 3 is 2.47 bits per heavy atom. The van der Waals surface area contributed by atoms with Gasteiger partial charge in [-0.1, -0.05) is 37.3 Å². The standard InChI is InChI=1S/C24H24F2N2O5S/c1-2-21(20-7-3-4-8-22(20)33-24(25)26)28-23(29)14-11-17-9-12-19(13-10-17)34(30,31)27-16-18-6-5-15-32-18/h3-15,21,24,27H,2,16H2,1H3,(H,28,29)/b14-11+. The summed E-state index contributed by atoms with van der Waals surface area (Å²) in [5, 5.41) is 2.77. The molecule has 0 spiro atoms. The van der Waals surface area contributed by atoms with E-state index in [-0.39, 0.29) is 17.2 Å². The molecule has 0 saturated carbocycles. The van der Waals surface area contributed by atoms with Gasteiger partial charge in [-0.2, -0.15) is 8.78 Å². The normalized spacial score (nSPS) is 12.7. The van der Waals surface area contributed by atoms with E-state index < -0.39 is 28.6 Å². The lowest BCUT2D eigenvalue weighted by Gasteiger charge is -2.19. The summed E-state index contributed by atoms with van der Waals surface area (Å²) in [4.78, 5) is 12.5. The second kappa shape index (κ2) is 11.6. The van der Waals surface area contributed by atoms with Crippen molar-refractivity contribution < 1.29 is 31.1 Å². The number of para-hydroxylation sites is 1. The molecule has 1 unspecified atom stereocenters. The Hall–Kier alpha value is -3.50. The van der Waals surface area contributed by atoms with Crippen LogP contribution >= 0.6 is 0 Å². The SMILES string of the molecule is CCC(NC(=O)/C=C/c1ccc(S(=O)(=O)NCc2ccco2)cc1)c1ccccc1OC(F)F. The highest BCUT2D eigenvalue weighted by atomic mass is 32.2. The summed E-state index contributed by atoms with van der Waals surface area (Å²) in [5.74, 6) is 0.0597. The van der Waals surface area contributed by atoms with Crippen LogP contribution in [-0.4, -0.2) is 20.9 Å². The van der Waals surface area contributed by atoms with E-state index in [1.807, 2.05) is 6.92 Å². The van der Waals surface area contributed by atoms with Crippen molar-refractivity contribution in [1.82, 2.24) is 10.0 Å². The molecule has 3 rings (SSSR count). The lowest BCUT2D eigenvalue weighted by Crippen LogP contribution is -2.27. The van der Waals surface area contributed by atoms with Crippen molar-refractivity contribution in [2.24, 2.45) is 0 Å². The van der Waals surface area contributed by atoms with Gasteiger partial charge in [-0.3, -0.25) is 4.79 Å². The number of carbonyl (C=O) groups is 1. The Morgan fingerprint density at radius 2 is 1.82 bits per heavy atom. The summed E-state index contributed by atoms with van der Waals surface area (Å²) in [6.07, 6.45) is 4.73. The fourth-order valence-corrected chi connectivity index (χ4v) is 4.18. The van der Waals surface area contributed by atoms with E-state index in [0.717, 1.165) is 0 Å². The number of hydrogen-bond acceptors (Lipinski definition) is 5. The van der Waals surface area contributed by atoms with Crippen molar-refractivity contribution in [2.75, 3.05) is 0 Å². The van der Waals surface area contributed by atoms with E-state index in [2.05, 4.69) is 14.8 Å². The van der Waals surface area contributed by atoms with Gasteiger partial charge < -0.3 is 14.5 Å². The fourth-order valence-electron chi connectivity index (χ4n) is 3.18. The predicted molar refractivity (Wildman–Crippen MR) is 122 cm³/mol. The van der Waals surface area contributed by atoms with Crippen LogP contribution in [0.25, 0.3) is 6.08 Å². The Balaban J connectivity index is 1.62. The van der Waals surface area contributed by atoms with Crippen molar-refractivity contribution in [2.45, 2.75) is 37.4 Å². The Labute approximate surface area is 196 Å². The molecule has 0 aliphatic rings. The minimum atomic E-state index is -3.73. The van der Waals surface area contributed by atoms with Crippen LogP contribution in [0.1, 0.15) is 36.3 Å². The zero-order valence-electron chi connectivity index (χ0n) is 18.3. The minimum Gasteiger partial charge on any atom is -0.468 e. The molecule has 2 N–H and O–H groups in total. The minimum absolute atomic E-state index is 0.00563. The van der Waals surface area contributed by atoms with Crippen LogP contribution in [0.4, 0.5) is 8.78 Å². The van der Waals surface area contributed by atoms with Crippen LogP contribution in [-0.2, 0) is 21.4 Å². The monoisotopic (exact) mass is 490 g/mol. The lowest BCUT2D eigenvalue weighted by molar-refractivity contribution is -0.117. The lowest BCUT2D eigenvalue weighted by atomic mass is 10.0. The second-order valence-electron chi connectivity index (χ2n) is 7.19. The van der Waals surface area contributed by atoms with Gasteiger partial charge in [0.2, 0.25) is 15.9 Å². The highest BCUT2D eigenvalue weighted by molar-refractivity contribution is 7.89. The number of sulfonamides is 1. The molecule has 1 heterocycles. The van der Waals surface area contributed by atoms with Gasteiger partial charge in [-0.25, -0.2) is 13.1 Å². The van der Waals surface area contributed by atoms with E-state index in [9.17, 15) is 22.0 Å². The Morgan fingerprint density at radius 1 is 1.09 bits per heavy atom. The number of halogens is 2. The number of furan rings is 1. The first-order valence-corrected chi connectivity index (χ1v) is 11.9. The number of rotatable bonds is 11. The quantitative estimate of drug-likeness (QED) is 0.382. The molecule has 1 aromatic heterocycles. The third kappa shape index (κ3) is 7.00. The predicted octanol–water partition coefficient (Wildman–Crippen LogP) is 4.64. The molecule has 0 saturated heterocycles. The smallest absolute Gasteiger partial charge is 0.387 e. The summed E-state index contributed by atoms with van der Waals surface area (Å²) in [7, 11) is -3.73. The first kappa shape index (κ1) is 25.1. The van der Waals surface area contributed by atoms with E-state index in [1.54, 1.807) is 42.5 Å². The van der Waals surface area contributed by atoms with Crippen LogP contribution in [0.2, 0.25) is 0 Å². The van der Waals surface area contributed by atoms with Crippen molar-refractivity contribution >= 4 is 22.0 Å². The molecule has 7 nitrogen and oxygen atoms in total. The van der Waals surface area contributed by atoms with Gasteiger partial charge in [0.25, 0.3) is 0 Å². The van der Waals surface area contributed by atoms with Gasteiger partial charge in [0.1, 0.15) is 11.5 Å². The fraction of sp³-hybridized carbons (Fsp3) is 0.208. The van der Waals surface area contributed by atoms with Crippen molar-refractivity contribution in [3.05, 3.63) is 89.9 Å². The largest absolute Gasteiger partial charge is 0.468 e. The Kier molecular flexibility index (Phi) is 8.55. The van der Waals surface area contributed by atoms with E-state index >= 15 is 0 Å². The number of alkyl halides is 2. The molecule has 10 heteroatoms. The average Bonchev–Trinajstić information content (AvgIpc) is 3.34. The number of hydrogen-bond donors (Lipinski definition) is 2. The summed E-state index contributed by atoms with van der Waals surface area (Å²) in [5.41, 5.74) is 1.05. The zero-order chi connectivity index (χ0) is 24.6. The molecule has 34 heavy (non-hydrogen) atoms. The van der Waals surface area contributed by atoms with Crippen molar-refractivity contribution in [3.63, 3.8) is 0 Å². The summed E-state index contributed by atoms with van der Waals surface area (Å²) in [6.45, 7) is -1.13. The number of benzene rings is 2. The van der Waals surface area contributed by atoms with Gasteiger partial charge in [0.05, 0.1) is 23.7 Å². The summed E-state index contributed by atoms with van der Waals surface area (Å²) < 4.78 is 62.3. The molecule has 1 atom stereocenters. The van der Waals surface area contributed by atoms with Gasteiger partial charge in [-0.15, -0.1) is 0 Å². The van der Waals surface area contributed by atoms with Gasteiger partial charge in [0, 0.05) is 11.6 Å². The third-order valence-corrected chi connectivity index (χ3v) is 6.29. The second-order valence-corrected chi connectivity index (χ2v) is 8.96. The number of ether oxygens (including phenoxy) is 1. The Bertz CT molecular complexity index is 1210. The molecule has 0 bridgehead atoms. The van der Waals surface area contributed by atoms with E-state index in [1.165, 1.54) is 36.6 Å². The van der Waals surface area contributed by atoms with E-state index in [0.29, 0.717) is 23.3 Å². The molecule has 1 amide bonds. The van der Waals surface area contributed by atoms with Crippen LogP contribution in [0.5, 0.6) is 5.75 Å². The van der Waals surface area contributed by atoms with Crippen LogP contribution in [0, 0.1) is 0 Å². The molecule has 180 valence electrons. The van der Waals surface area contributed by atoms with Crippen LogP contribution < -0.4 is 14.8 Å². The average molecular weight is 491 g/mol. The topological polar surface area (TPSA) is 97.6 Å². The summed E-state index contributed by atoms with van der Waals surface area (Å²) in [6, 6.07) is 15.1. The molecule has 0 fully saturated rings. The molecule has 0 radical (unpaired) electrons. The number of carbonyl (C=O) groups excluding carboxylic acids is 1. The first-order chi connectivity index (χ1) is 16.3. The van der Waals surface area contributed by atoms with Gasteiger partial charge in [-0.05, 0) is 48.4 Å². The zero-order valence-corrected chi connectivity index (χ0v) is 19.1. The molecule has 3 aromatic rings. The number of nitrogens with one attached hydrogen (secondary N) is 2. The molecular formula is C24H24F2N2O5S. The van der Waals surface area contributed by atoms with Crippen molar-refractivity contribution in [1.29, 1.82) is 0 Å².